The van der Waals surface area contributed by atoms with Crippen LogP contribution in [-0.2, 0) is 12.0 Å². The van der Waals surface area contributed by atoms with E-state index in [4.69, 9.17) is 0 Å². The lowest BCUT2D eigenvalue weighted by Crippen LogP contribution is -2.48. The fraction of sp³-hybridized carbons (Fsp3) is 0.353. The minimum absolute atomic E-state index is 0.0308. The summed E-state index contributed by atoms with van der Waals surface area (Å²) in [6.45, 7) is 6.90. The monoisotopic (exact) mass is 302 g/mol. The zero-order chi connectivity index (χ0) is 15.3. The fourth-order valence-electron chi connectivity index (χ4n) is 2.13. The third kappa shape index (κ3) is 4.08. The molecule has 2 N–H and O–H groups in total. The van der Waals surface area contributed by atoms with Crippen LogP contribution in [0.1, 0.15) is 31.2 Å². The van der Waals surface area contributed by atoms with E-state index < -0.39 is 0 Å². The molecule has 3 nitrogen and oxygen atoms in total. The molecule has 0 aliphatic rings. The molecule has 2 amide bonds. The summed E-state index contributed by atoms with van der Waals surface area (Å²) < 4.78 is 0. The predicted octanol–water partition coefficient (Wildman–Crippen LogP) is 3.91. The number of hydrogen-bond donors (Lipinski definition) is 2. The highest BCUT2D eigenvalue weighted by Gasteiger charge is 2.28. The standard InChI is InChI=1S/C17H22N2OS/c1-13(17(2,3)14-8-5-4-6-9-14)19-16(20)18-12-15-10-7-11-21-15/h4-11,13H,12H2,1-3H3,(H2,18,19,20). The van der Waals surface area contributed by atoms with Crippen molar-refractivity contribution in [2.75, 3.05) is 0 Å². The van der Waals surface area contributed by atoms with E-state index in [0.717, 1.165) is 4.88 Å². The molecule has 1 heterocycles. The fourth-order valence-corrected chi connectivity index (χ4v) is 2.77. The third-order valence-electron chi connectivity index (χ3n) is 3.95. The van der Waals surface area contributed by atoms with Crippen molar-refractivity contribution in [2.45, 2.75) is 38.8 Å². The summed E-state index contributed by atoms with van der Waals surface area (Å²) in [4.78, 5) is 13.2. The Morgan fingerprint density at radius 2 is 1.90 bits per heavy atom. The Morgan fingerprint density at radius 3 is 2.52 bits per heavy atom. The quantitative estimate of drug-likeness (QED) is 0.863. The molecule has 0 saturated heterocycles. The second-order valence-electron chi connectivity index (χ2n) is 5.72. The molecule has 0 bridgehead atoms. The van der Waals surface area contributed by atoms with Crippen molar-refractivity contribution >= 4 is 17.4 Å². The van der Waals surface area contributed by atoms with E-state index in [1.807, 2.05) is 42.6 Å². The van der Waals surface area contributed by atoms with Crippen LogP contribution in [0.5, 0.6) is 0 Å². The van der Waals surface area contributed by atoms with Crippen LogP contribution in [-0.4, -0.2) is 12.1 Å². The molecule has 2 aromatic rings. The van der Waals surface area contributed by atoms with Crippen molar-refractivity contribution in [1.29, 1.82) is 0 Å². The Hall–Kier alpha value is -1.81. The summed E-state index contributed by atoms with van der Waals surface area (Å²) >= 11 is 1.64. The van der Waals surface area contributed by atoms with Crippen molar-refractivity contribution in [3.05, 3.63) is 58.3 Å². The molecule has 4 heteroatoms. The first-order valence-corrected chi connectivity index (χ1v) is 8.00. The molecule has 0 fully saturated rings. The van der Waals surface area contributed by atoms with Crippen molar-refractivity contribution < 1.29 is 4.79 Å². The van der Waals surface area contributed by atoms with Crippen molar-refractivity contribution in [3.63, 3.8) is 0 Å². The van der Waals surface area contributed by atoms with Crippen LogP contribution < -0.4 is 10.6 Å². The van der Waals surface area contributed by atoms with Gasteiger partial charge in [-0.15, -0.1) is 11.3 Å². The zero-order valence-corrected chi connectivity index (χ0v) is 13.5. The molecular formula is C17H22N2OS. The van der Waals surface area contributed by atoms with E-state index in [1.165, 1.54) is 5.56 Å². The first-order valence-electron chi connectivity index (χ1n) is 7.12. The van der Waals surface area contributed by atoms with Gasteiger partial charge in [0.2, 0.25) is 0 Å². The van der Waals surface area contributed by atoms with Crippen LogP contribution in [0.25, 0.3) is 0 Å². The Kier molecular flexibility index (Phi) is 5.02. The number of carbonyl (C=O) groups is 1. The Bertz CT molecular complexity index is 564. The van der Waals surface area contributed by atoms with E-state index in [-0.39, 0.29) is 17.5 Å². The molecule has 1 aromatic heterocycles. The number of carbonyl (C=O) groups excluding carboxylic acids is 1. The highest BCUT2D eigenvalue weighted by atomic mass is 32.1. The number of benzene rings is 1. The minimum Gasteiger partial charge on any atom is -0.335 e. The van der Waals surface area contributed by atoms with Crippen LogP contribution >= 0.6 is 11.3 Å². The normalized spacial score (nSPS) is 12.7. The molecule has 0 aliphatic carbocycles. The van der Waals surface area contributed by atoms with E-state index >= 15 is 0 Å². The lowest BCUT2D eigenvalue weighted by molar-refractivity contribution is 0.231. The van der Waals surface area contributed by atoms with Crippen molar-refractivity contribution in [2.24, 2.45) is 0 Å². The highest BCUT2D eigenvalue weighted by Crippen LogP contribution is 2.26. The van der Waals surface area contributed by atoms with Gasteiger partial charge in [-0.05, 0) is 23.9 Å². The molecule has 0 radical (unpaired) electrons. The first kappa shape index (κ1) is 15.6. The minimum atomic E-state index is -0.125. The van der Waals surface area contributed by atoms with Gasteiger partial charge in [0.25, 0.3) is 0 Å². The third-order valence-corrected chi connectivity index (χ3v) is 4.83. The largest absolute Gasteiger partial charge is 0.335 e. The zero-order valence-electron chi connectivity index (χ0n) is 12.7. The molecular weight excluding hydrogens is 280 g/mol. The second kappa shape index (κ2) is 6.76. The average Bonchev–Trinajstić information content (AvgIpc) is 2.99. The summed E-state index contributed by atoms with van der Waals surface area (Å²) in [5, 5.41) is 7.95. The van der Waals surface area contributed by atoms with E-state index in [2.05, 4.69) is 36.6 Å². The SMILES string of the molecule is CC(NC(=O)NCc1cccs1)C(C)(C)c1ccccc1. The molecule has 21 heavy (non-hydrogen) atoms. The van der Waals surface area contributed by atoms with Gasteiger partial charge in [-0.2, -0.15) is 0 Å². The van der Waals surface area contributed by atoms with Gasteiger partial charge in [0.15, 0.2) is 0 Å². The number of thiophene rings is 1. The van der Waals surface area contributed by atoms with Gasteiger partial charge >= 0.3 is 6.03 Å². The topological polar surface area (TPSA) is 41.1 Å². The molecule has 1 unspecified atom stereocenters. The maximum atomic E-state index is 12.0. The van der Waals surface area contributed by atoms with E-state index in [0.29, 0.717) is 6.54 Å². The summed E-state index contributed by atoms with van der Waals surface area (Å²) in [5.74, 6) is 0. The molecule has 1 atom stereocenters. The van der Waals surface area contributed by atoms with E-state index in [1.54, 1.807) is 11.3 Å². The van der Waals surface area contributed by atoms with Gasteiger partial charge in [0.1, 0.15) is 0 Å². The Morgan fingerprint density at radius 1 is 1.19 bits per heavy atom. The number of rotatable bonds is 5. The highest BCUT2D eigenvalue weighted by molar-refractivity contribution is 7.09. The maximum Gasteiger partial charge on any atom is 0.315 e. The number of nitrogens with one attached hydrogen (secondary N) is 2. The molecule has 112 valence electrons. The van der Waals surface area contributed by atoms with Gasteiger partial charge in [-0.3, -0.25) is 0 Å². The molecule has 2 rings (SSSR count). The number of urea groups is 1. The van der Waals surface area contributed by atoms with E-state index in [9.17, 15) is 4.79 Å². The summed E-state index contributed by atoms with van der Waals surface area (Å²) in [6.07, 6.45) is 0. The molecule has 0 aliphatic heterocycles. The molecule has 0 saturated carbocycles. The summed E-state index contributed by atoms with van der Waals surface area (Å²) in [6, 6.07) is 14.2. The van der Waals surface area contributed by atoms with Gasteiger partial charge in [0.05, 0.1) is 6.54 Å². The lowest BCUT2D eigenvalue weighted by atomic mass is 9.78. The lowest BCUT2D eigenvalue weighted by Gasteiger charge is -2.33. The maximum absolute atomic E-state index is 12.0. The molecule has 1 aromatic carbocycles. The van der Waals surface area contributed by atoms with Crippen LogP contribution in [0.3, 0.4) is 0 Å². The first-order chi connectivity index (χ1) is 10.00. The van der Waals surface area contributed by atoms with Crippen LogP contribution in [0.15, 0.2) is 47.8 Å². The van der Waals surface area contributed by atoms with Crippen LogP contribution in [0, 0.1) is 0 Å². The van der Waals surface area contributed by atoms with Gasteiger partial charge in [-0.1, -0.05) is 50.2 Å². The second-order valence-corrected chi connectivity index (χ2v) is 6.75. The van der Waals surface area contributed by atoms with Crippen LogP contribution in [0.2, 0.25) is 0 Å². The number of amides is 2. The van der Waals surface area contributed by atoms with Crippen molar-refractivity contribution in [1.82, 2.24) is 10.6 Å². The average molecular weight is 302 g/mol. The Balaban J connectivity index is 1.91. The molecule has 0 spiro atoms. The van der Waals surface area contributed by atoms with Crippen LogP contribution in [0.4, 0.5) is 4.79 Å². The van der Waals surface area contributed by atoms with Crippen molar-refractivity contribution in [3.8, 4) is 0 Å². The van der Waals surface area contributed by atoms with Gasteiger partial charge in [0, 0.05) is 16.3 Å². The summed E-state index contributed by atoms with van der Waals surface area (Å²) in [7, 11) is 0. The predicted molar refractivity (Wildman–Crippen MR) is 88.6 cm³/mol. The summed E-state index contributed by atoms with van der Waals surface area (Å²) in [5.41, 5.74) is 1.10. The number of hydrogen-bond acceptors (Lipinski definition) is 2. The van der Waals surface area contributed by atoms with Gasteiger partial charge in [-0.25, -0.2) is 4.79 Å². The smallest absolute Gasteiger partial charge is 0.315 e. The Labute approximate surface area is 130 Å². The van der Waals surface area contributed by atoms with Gasteiger partial charge < -0.3 is 10.6 Å².